The fourth-order valence-corrected chi connectivity index (χ4v) is 3.23. The highest BCUT2D eigenvalue weighted by Crippen LogP contribution is 2.17. The molecule has 5 nitrogen and oxygen atoms in total. The van der Waals surface area contributed by atoms with Crippen LogP contribution >= 0.6 is 0 Å². The fourth-order valence-electron chi connectivity index (χ4n) is 3.23. The van der Waals surface area contributed by atoms with Crippen LogP contribution in [-0.2, 0) is 4.79 Å². The third kappa shape index (κ3) is 5.94. The van der Waals surface area contributed by atoms with Crippen molar-refractivity contribution in [1.82, 2.24) is 15.5 Å². The van der Waals surface area contributed by atoms with Gasteiger partial charge in [0.15, 0.2) is 0 Å². The molecule has 1 aliphatic carbocycles. The molecule has 0 bridgehead atoms. The first-order valence-corrected chi connectivity index (χ1v) is 8.58. The highest BCUT2D eigenvalue weighted by molar-refractivity contribution is 5.76. The molecular weight excluding hydrogens is 266 g/mol. The average molecular weight is 295 g/mol. The predicted octanol–water partition coefficient (Wildman–Crippen LogP) is 2.41. The van der Waals surface area contributed by atoms with Crippen molar-refractivity contribution >= 4 is 11.9 Å². The lowest BCUT2D eigenvalue weighted by Crippen LogP contribution is -2.43. The van der Waals surface area contributed by atoms with Gasteiger partial charge in [-0.15, -0.1) is 0 Å². The maximum atomic E-state index is 12.0. The van der Waals surface area contributed by atoms with Crippen LogP contribution in [0.4, 0.5) is 4.79 Å². The van der Waals surface area contributed by atoms with Gasteiger partial charge in [0, 0.05) is 32.1 Å². The molecule has 2 rings (SSSR count). The Kier molecular flexibility index (Phi) is 6.83. The number of nitrogens with one attached hydrogen (secondary N) is 2. The number of likely N-dealkylation sites (tertiary alicyclic amines) is 1. The summed E-state index contributed by atoms with van der Waals surface area (Å²) in [6, 6.07) is 0.265. The Morgan fingerprint density at radius 1 is 0.952 bits per heavy atom. The molecule has 0 spiro atoms. The summed E-state index contributed by atoms with van der Waals surface area (Å²) in [5.74, 6) is 0.240. The summed E-state index contributed by atoms with van der Waals surface area (Å²) in [4.78, 5) is 25.7. The molecule has 0 atom stereocenters. The highest BCUT2D eigenvalue weighted by Gasteiger charge is 2.17. The molecule has 0 aromatic carbocycles. The van der Waals surface area contributed by atoms with Crippen molar-refractivity contribution in [2.75, 3.05) is 19.6 Å². The van der Waals surface area contributed by atoms with Crippen molar-refractivity contribution in [2.24, 2.45) is 0 Å². The molecule has 0 aromatic rings. The van der Waals surface area contributed by atoms with Gasteiger partial charge in [-0.2, -0.15) is 0 Å². The summed E-state index contributed by atoms with van der Waals surface area (Å²) in [7, 11) is 0. The summed E-state index contributed by atoms with van der Waals surface area (Å²) in [6.07, 6.45) is 10.7. The molecule has 2 aliphatic rings. The number of rotatable bonds is 5. The summed E-state index contributed by atoms with van der Waals surface area (Å²) in [6.45, 7) is 2.40. The topological polar surface area (TPSA) is 61.4 Å². The van der Waals surface area contributed by atoms with Gasteiger partial charge in [0.2, 0.25) is 5.91 Å². The van der Waals surface area contributed by atoms with Crippen molar-refractivity contribution in [3.63, 3.8) is 0 Å². The summed E-state index contributed by atoms with van der Waals surface area (Å²) in [5, 5.41) is 5.89. The van der Waals surface area contributed by atoms with E-state index in [0.29, 0.717) is 19.0 Å². The van der Waals surface area contributed by atoms with Crippen molar-refractivity contribution in [3.8, 4) is 0 Å². The first-order valence-electron chi connectivity index (χ1n) is 8.58. The maximum absolute atomic E-state index is 12.0. The minimum absolute atomic E-state index is 0.0766. The third-order valence-electron chi connectivity index (χ3n) is 4.50. The van der Waals surface area contributed by atoms with Crippen LogP contribution in [0, 0.1) is 0 Å². The van der Waals surface area contributed by atoms with E-state index in [4.69, 9.17) is 0 Å². The summed E-state index contributed by atoms with van der Waals surface area (Å²) >= 11 is 0. The molecule has 1 heterocycles. The van der Waals surface area contributed by atoms with Crippen LogP contribution in [0.1, 0.15) is 64.2 Å². The number of amides is 3. The van der Waals surface area contributed by atoms with Crippen molar-refractivity contribution in [3.05, 3.63) is 0 Å². The summed E-state index contributed by atoms with van der Waals surface area (Å²) in [5.41, 5.74) is 0. The lowest BCUT2D eigenvalue weighted by Gasteiger charge is -2.26. The van der Waals surface area contributed by atoms with E-state index in [1.165, 1.54) is 25.7 Å². The molecule has 0 radical (unpaired) electrons. The second-order valence-electron chi connectivity index (χ2n) is 6.28. The van der Waals surface area contributed by atoms with E-state index in [9.17, 15) is 9.59 Å². The number of carbonyl (C=O) groups excluding carboxylic acids is 2. The van der Waals surface area contributed by atoms with Gasteiger partial charge < -0.3 is 15.5 Å². The van der Waals surface area contributed by atoms with Gasteiger partial charge in [0.05, 0.1) is 0 Å². The van der Waals surface area contributed by atoms with E-state index in [1.54, 1.807) is 0 Å². The normalized spacial score (nSPS) is 20.1. The first kappa shape index (κ1) is 16.1. The van der Waals surface area contributed by atoms with Crippen LogP contribution in [0.25, 0.3) is 0 Å². The van der Waals surface area contributed by atoms with Crippen molar-refractivity contribution in [2.45, 2.75) is 70.3 Å². The number of carbonyl (C=O) groups is 2. The Labute approximate surface area is 127 Å². The van der Waals surface area contributed by atoms with Crippen LogP contribution in [-0.4, -0.2) is 42.5 Å². The van der Waals surface area contributed by atoms with Crippen LogP contribution in [0.2, 0.25) is 0 Å². The van der Waals surface area contributed by atoms with Gasteiger partial charge in [-0.05, 0) is 38.5 Å². The van der Waals surface area contributed by atoms with Crippen LogP contribution in [0.5, 0.6) is 0 Å². The molecule has 2 fully saturated rings. The Morgan fingerprint density at radius 2 is 1.62 bits per heavy atom. The van der Waals surface area contributed by atoms with E-state index in [-0.39, 0.29) is 11.9 Å². The van der Waals surface area contributed by atoms with Crippen molar-refractivity contribution < 1.29 is 9.59 Å². The minimum atomic E-state index is -0.0766. The maximum Gasteiger partial charge on any atom is 0.315 e. The standard InChI is InChI=1S/C16H29N3O2/c20-15(19-12-5-2-6-13-19)10-7-11-17-16(21)18-14-8-3-1-4-9-14/h14H,1-13H2,(H2,17,18,21). The monoisotopic (exact) mass is 295 g/mol. The third-order valence-corrected chi connectivity index (χ3v) is 4.50. The Bertz CT molecular complexity index is 334. The van der Waals surface area contributed by atoms with E-state index in [1.807, 2.05) is 4.90 Å². The largest absolute Gasteiger partial charge is 0.343 e. The van der Waals surface area contributed by atoms with E-state index in [0.717, 1.165) is 45.2 Å². The molecule has 5 heteroatoms. The SMILES string of the molecule is O=C(NCCCC(=O)N1CCCCC1)NC1CCCCC1. The lowest BCUT2D eigenvalue weighted by molar-refractivity contribution is -0.132. The predicted molar refractivity (Wildman–Crippen MR) is 83.1 cm³/mol. The van der Waals surface area contributed by atoms with Gasteiger partial charge in [-0.25, -0.2) is 4.79 Å². The number of piperidine rings is 1. The molecule has 0 unspecified atom stereocenters. The second-order valence-corrected chi connectivity index (χ2v) is 6.28. The number of hydrogen-bond acceptors (Lipinski definition) is 2. The highest BCUT2D eigenvalue weighted by atomic mass is 16.2. The molecule has 3 amide bonds. The molecule has 1 saturated carbocycles. The molecule has 120 valence electrons. The lowest BCUT2D eigenvalue weighted by atomic mass is 9.96. The van der Waals surface area contributed by atoms with Crippen molar-refractivity contribution in [1.29, 1.82) is 0 Å². The quantitative estimate of drug-likeness (QED) is 0.765. The molecule has 2 N–H and O–H groups in total. The first-order chi connectivity index (χ1) is 10.3. The van der Waals surface area contributed by atoms with E-state index < -0.39 is 0 Å². The second kappa shape index (κ2) is 8.90. The molecular formula is C16H29N3O2. The Morgan fingerprint density at radius 3 is 2.33 bits per heavy atom. The van der Waals surface area contributed by atoms with Gasteiger partial charge in [0.1, 0.15) is 0 Å². The van der Waals surface area contributed by atoms with Gasteiger partial charge in [-0.1, -0.05) is 19.3 Å². The molecule has 21 heavy (non-hydrogen) atoms. The molecule has 1 aliphatic heterocycles. The summed E-state index contributed by atoms with van der Waals surface area (Å²) < 4.78 is 0. The molecule has 0 aromatic heterocycles. The zero-order valence-electron chi connectivity index (χ0n) is 13.0. The zero-order valence-corrected chi connectivity index (χ0v) is 13.0. The number of nitrogens with zero attached hydrogens (tertiary/aromatic N) is 1. The Hall–Kier alpha value is -1.26. The fraction of sp³-hybridized carbons (Fsp3) is 0.875. The van der Waals surface area contributed by atoms with E-state index >= 15 is 0 Å². The van der Waals surface area contributed by atoms with Crippen LogP contribution in [0.15, 0.2) is 0 Å². The Balaban J connectivity index is 1.52. The van der Waals surface area contributed by atoms with E-state index in [2.05, 4.69) is 10.6 Å². The van der Waals surface area contributed by atoms with Gasteiger partial charge >= 0.3 is 6.03 Å². The minimum Gasteiger partial charge on any atom is -0.343 e. The van der Waals surface area contributed by atoms with Crippen LogP contribution in [0.3, 0.4) is 0 Å². The number of urea groups is 1. The zero-order chi connectivity index (χ0) is 14.9. The smallest absolute Gasteiger partial charge is 0.315 e. The number of hydrogen-bond donors (Lipinski definition) is 2. The van der Waals surface area contributed by atoms with Gasteiger partial charge in [0.25, 0.3) is 0 Å². The van der Waals surface area contributed by atoms with Crippen LogP contribution < -0.4 is 10.6 Å². The molecule has 1 saturated heterocycles. The average Bonchev–Trinajstić information content (AvgIpc) is 2.53. The van der Waals surface area contributed by atoms with Gasteiger partial charge in [-0.3, -0.25) is 4.79 Å².